The van der Waals surface area contributed by atoms with Crippen molar-refractivity contribution in [3.63, 3.8) is 0 Å². The van der Waals surface area contributed by atoms with Gasteiger partial charge in [0.1, 0.15) is 4.99 Å². The molecule has 2 nitrogen and oxygen atoms in total. The average molecular weight is 290 g/mol. The van der Waals surface area contributed by atoms with E-state index in [-0.39, 0.29) is 0 Å². The van der Waals surface area contributed by atoms with E-state index in [0.29, 0.717) is 21.9 Å². The summed E-state index contributed by atoms with van der Waals surface area (Å²) in [4.78, 5) is 0.461. The van der Waals surface area contributed by atoms with E-state index in [1.165, 1.54) is 19.3 Å². The van der Waals surface area contributed by atoms with Gasteiger partial charge >= 0.3 is 0 Å². The highest BCUT2D eigenvalue weighted by Gasteiger charge is 2.38. The van der Waals surface area contributed by atoms with Crippen molar-refractivity contribution in [1.29, 1.82) is 0 Å². The maximum atomic E-state index is 5.82. The van der Waals surface area contributed by atoms with Crippen LogP contribution in [0.1, 0.15) is 52.5 Å². The molecule has 3 N–H and O–H groups in total. The molecule has 0 heterocycles. The Labute approximate surface area is 128 Å². The fraction of sp³-hybridized carbons (Fsp3) is 0.588. The van der Waals surface area contributed by atoms with E-state index in [2.05, 4.69) is 39.1 Å². The number of anilines is 1. The standard InChI is InChI=1S/C17H26N2S/c1-16(2)9-12(10-17(3,4)11-16)19-14-8-6-5-7-13(14)15(18)20/h5-8,12,19H,9-11H2,1-4H3,(H2,18,20). The summed E-state index contributed by atoms with van der Waals surface area (Å²) in [6, 6.07) is 8.55. The summed E-state index contributed by atoms with van der Waals surface area (Å²) < 4.78 is 0. The molecule has 1 aromatic carbocycles. The summed E-state index contributed by atoms with van der Waals surface area (Å²) in [5, 5.41) is 3.67. The summed E-state index contributed by atoms with van der Waals surface area (Å²) in [5.41, 5.74) is 8.58. The number of nitrogens with one attached hydrogen (secondary N) is 1. The molecule has 0 bridgehead atoms. The second kappa shape index (κ2) is 5.36. The first kappa shape index (κ1) is 15.3. The zero-order valence-electron chi connectivity index (χ0n) is 13.0. The van der Waals surface area contributed by atoms with Crippen LogP contribution in [0.25, 0.3) is 0 Å². The summed E-state index contributed by atoms with van der Waals surface area (Å²) in [7, 11) is 0. The van der Waals surface area contributed by atoms with E-state index in [4.69, 9.17) is 18.0 Å². The highest BCUT2D eigenvalue weighted by molar-refractivity contribution is 7.80. The van der Waals surface area contributed by atoms with Crippen molar-refractivity contribution in [2.24, 2.45) is 16.6 Å². The number of nitrogens with two attached hydrogens (primary N) is 1. The zero-order chi connectivity index (χ0) is 15.0. The third kappa shape index (κ3) is 3.72. The first-order valence-corrected chi connectivity index (χ1v) is 7.75. The quantitative estimate of drug-likeness (QED) is 0.813. The number of benzene rings is 1. The molecule has 0 amide bonds. The lowest BCUT2D eigenvalue weighted by molar-refractivity contribution is 0.105. The minimum absolute atomic E-state index is 0.373. The predicted octanol–water partition coefficient (Wildman–Crippen LogP) is 4.34. The van der Waals surface area contributed by atoms with E-state index in [1.54, 1.807) is 0 Å². The Morgan fingerprint density at radius 3 is 2.25 bits per heavy atom. The lowest BCUT2D eigenvalue weighted by Crippen LogP contribution is -2.40. The van der Waals surface area contributed by atoms with Crippen molar-refractivity contribution in [2.45, 2.75) is 53.0 Å². The number of para-hydroxylation sites is 1. The molecule has 1 aliphatic carbocycles. The van der Waals surface area contributed by atoms with Gasteiger partial charge in [-0.3, -0.25) is 0 Å². The highest BCUT2D eigenvalue weighted by Crippen LogP contribution is 2.46. The Bertz CT molecular complexity index is 489. The van der Waals surface area contributed by atoms with Crippen molar-refractivity contribution >= 4 is 22.9 Å². The fourth-order valence-electron chi connectivity index (χ4n) is 3.99. The maximum Gasteiger partial charge on any atom is 0.106 e. The first-order chi connectivity index (χ1) is 9.19. The van der Waals surface area contributed by atoms with Crippen LogP contribution in [-0.4, -0.2) is 11.0 Å². The SMILES string of the molecule is CC1(C)CC(Nc2ccccc2C(N)=S)CC(C)(C)C1. The minimum atomic E-state index is 0.373. The van der Waals surface area contributed by atoms with Gasteiger partial charge in [-0.1, -0.05) is 52.0 Å². The smallest absolute Gasteiger partial charge is 0.106 e. The van der Waals surface area contributed by atoms with Gasteiger partial charge in [0.25, 0.3) is 0 Å². The third-order valence-electron chi connectivity index (χ3n) is 4.11. The van der Waals surface area contributed by atoms with Crippen LogP contribution in [-0.2, 0) is 0 Å². The molecule has 1 aromatic rings. The van der Waals surface area contributed by atoms with Gasteiger partial charge in [0, 0.05) is 17.3 Å². The number of thiocarbonyl (C=S) groups is 1. The van der Waals surface area contributed by atoms with Gasteiger partial charge in [0.15, 0.2) is 0 Å². The van der Waals surface area contributed by atoms with Crippen LogP contribution in [0.5, 0.6) is 0 Å². The predicted molar refractivity (Wildman–Crippen MR) is 91.2 cm³/mol. The van der Waals surface area contributed by atoms with Crippen LogP contribution in [0.15, 0.2) is 24.3 Å². The molecule has 0 aromatic heterocycles. The van der Waals surface area contributed by atoms with E-state index < -0.39 is 0 Å². The van der Waals surface area contributed by atoms with Crippen LogP contribution in [0.4, 0.5) is 5.69 Å². The second-order valence-corrected chi connectivity index (χ2v) is 8.10. The molecule has 0 spiro atoms. The molecule has 1 saturated carbocycles. The van der Waals surface area contributed by atoms with Gasteiger partial charge in [-0.25, -0.2) is 0 Å². The first-order valence-electron chi connectivity index (χ1n) is 7.34. The lowest BCUT2D eigenvalue weighted by atomic mass is 9.63. The molecule has 1 aliphatic rings. The Balaban J connectivity index is 2.20. The average Bonchev–Trinajstić information content (AvgIpc) is 2.24. The second-order valence-electron chi connectivity index (χ2n) is 7.66. The number of hydrogen-bond acceptors (Lipinski definition) is 2. The zero-order valence-corrected chi connectivity index (χ0v) is 13.8. The minimum Gasteiger partial charge on any atom is -0.389 e. The van der Waals surface area contributed by atoms with Gasteiger partial charge < -0.3 is 11.1 Å². The normalized spacial score (nSPS) is 21.4. The van der Waals surface area contributed by atoms with Crippen LogP contribution < -0.4 is 11.1 Å². The van der Waals surface area contributed by atoms with Crippen LogP contribution in [0.2, 0.25) is 0 Å². The molecule has 3 heteroatoms. The van der Waals surface area contributed by atoms with Crippen molar-refractivity contribution in [2.75, 3.05) is 5.32 Å². The van der Waals surface area contributed by atoms with Gasteiger partial charge in [0.2, 0.25) is 0 Å². The molecule has 2 rings (SSSR count). The summed E-state index contributed by atoms with van der Waals surface area (Å²) in [6.07, 6.45) is 3.64. The van der Waals surface area contributed by atoms with Crippen LogP contribution in [0.3, 0.4) is 0 Å². The van der Waals surface area contributed by atoms with Gasteiger partial charge in [0.05, 0.1) is 0 Å². The molecule has 0 unspecified atom stereocenters. The largest absolute Gasteiger partial charge is 0.389 e. The molecular formula is C17H26N2S. The van der Waals surface area contributed by atoms with E-state index in [9.17, 15) is 0 Å². The summed E-state index contributed by atoms with van der Waals surface area (Å²) in [6.45, 7) is 9.45. The van der Waals surface area contributed by atoms with Crippen LogP contribution >= 0.6 is 12.2 Å². The third-order valence-corrected chi connectivity index (χ3v) is 4.33. The van der Waals surface area contributed by atoms with E-state index in [1.807, 2.05) is 18.2 Å². The van der Waals surface area contributed by atoms with Gasteiger partial charge in [-0.05, 0) is 42.2 Å². The van der Waals surface area contributed by atoms with E-state index >= 15 is 0 Å². The summed E-state index contributed by atoms with van der Waals surface area (Å²) in [5.74, 6) is 0. The Kier molecular flexibility index (Phi) is 4.10. The molecule has 1 fully saturated rings. The molecule has 0 radical (unpaired) electrons. The van der Waals surface area contributed by atoms with Crippen molar-refractivity contribution in [1.82, 2.24) is 0 Å². The lowest BCUT2D eigenvalue weighted by Gasteiger charge is -2.45. The Morgan fingerprint density at radius 2 is 1.70 bits per heavy atom. The Morgan fingerprint density at radius 1 is 1.15 bits per heavy atom. The molecule has 0 aliphatic heterocycles. The molecular weight excluding hydrogens is 264 g/mol. The topological polar surface area (TPSA) is 38.0 Å². The highest BCUT2D eigenvalue weighted by atomic mass is 32.1. The van der Waals surface area contributed by atoms with Crippen molar-refractivity contribution in [3.05, 3.63) is 29.8 Å². The fourth-order valence-corrected chi connectivity index (χ4v) is 4.17. The summed E-state index contributed by atoms with van der Waals surface area (Å²) >= 11 is 5.15. The van der Waals surface area contributed by atoms with E-state index in [0.717, 1.165) is 11.3 Å². The van der Waals surface area contributed by atoms with Crippen molar-refractivity contribution in [3.8, 4) is 0 Å². The van der Waals surface area contributed by atoms with Gasteiger partial charge in [-0.2, -0.15) is 0 Å². The molecule has 0 atom stereocenters. The monoisotopic (exact) mass is 290 g/mol. The number of rotatable bonds is 3. The Hall–Kier alpha value is -1.09. The number of hydrogen-bond donors (Lipinski definition) is 2. The van der Waals surface area contributed by atoms with Crippen LogP contribution in [0, 0.1) is 10.8 Å². The van der Waals surface area contributed by atoms with Gasteiger partial charge in [-0.15, -0.1) is 0 Å². The molecule has 20 heavy (non-hydrogen) atoms. The molecule has 110 valence electrons. The molecule has 0 saturated heterocycles. The maximum absolute atomic E-state index is 5.82. The van der Waals surface area contributed by atoms with Crippen molar-refractivity contribution < 1.29 is 0 Å².